The Morgan fingerprint density at radius 3 is 2.71 bits per heavy atom. The van der Waals surface area contributed by atoms with Gasteiger partial charge in [-0.1, -0.05) is 36.4 Å². The zero-order chi connectivity index (χ0) is 19.3. The molecule has 2 N–H and O–H groups in total. The van der Waals surface area contributed by atoms with Crippen LogP contribution in [0.5, 0.6) is 0 Å². The summed E-state index contributed by atoms with van der Waals surface area (Å²) >= 11 is 1.32. The summed E-state index contributed by atoms with van der Waals surface area (Å²) in [6.45, 7) is 0. The summed E-state index contributed by atoms with van der Waals surface area (Å²) in [5, 5.41) is 10.1. The SMILES string of the molecule is O=C(CCc1csc(NC(=O)c2ccco2)n1)Nc1cccc2ccccc12. The lowest BCUT2D eigenvalue weighted by Crippen LogP contribution is -2.13. The maximum Gasteiger partial charge on any atom is 0.293 e. The van der Waals surface area contributed by atoms with Gasteiger partial charge in [-0.15, -0.1) is 11.3 Å². The van der Waals surface area contributed by atoms with Gasteiger partial charge in [0.15, 0.2) is 10.9 Å². The number of carbonyl (C=O) groups excluding carboxylic acids is 2. The molecule has 0 aliphatic heterocycles. The summed E-state index contributed by atoms with van der Waals surface area (Å²) in [5.74, 6) is -0.198. The second-order valence-electron chi connectivity index (χ2n) is 6.15. The number of hydrogen-bond acceptors (Lipinski definition) is 5. The molecule has 2 aromatic heterocycles. The largest absolute Gasteiger partial charge is 0.459 e. The number of thiazole rings is 1. The average molecular weight is 391 g/mol. The molecule has 0 aliphatic carbocycles. The summed E-state index contributed by atoms with van der Waals surface area (Å²) in [6.07, 6.45) is 2.24. The zero-order valence-electron chi connectivity index (χ0n) is 14.8. The Morgan fingerprint density at radius 2 is 1.86 bits per heavy atom. The van der Waals surface area contributed by atoms with Crippen molar-refractivity contribution in [3.8, 4) is 0 Å². The van der Waals surface area contributed by atoms with Crippen LogP contribution in [0.2, 0.25) is 0 Å². The monoisotopic (exact) mass is 391 g/mol. The zero-order valence-corrected chi connectivity index (χ0v) is 15.7. The molecule has 0 unspecified atom stereocenters. The van der Waals surface area contributed by atoms with E-state index in [1.54, 1.807) is 12.1 Å². The fourth-order valence-corrected chi connectivity index (χ4v) is 3.57. The molecular weight excluding hydrogens is 374 g/mol. The highest BCUT2D eigenvalue weighted by Crippen LogP contribution is 2.23. The molecule has 0 spiro atoms. The lowest BCUT2D eigenvalue weighted by molar-refractivity contribution is -0.116. The molecule has 4 aromatic rings. The van der Waals surface area contributed by atoms with Crippen molar-refractivity contribution in [2.45, 2.75) is 12.8 Å². The van der Waals surface area contributed by atoms with Crippen molar-refractivity contribution in [1.29, 1.82) is 0 Å². The quantitative estimate of drug-likeness (QED) is 0.498. The Hall–Kier alpha value is -3.45. The molecular formula is C21H17N3O3S. The first-order valence-electron chi connectivity index (χ1n) is 8.76. The number of nitrogens with one attached hydrogen (secondary N) is 2. The highest BCUT2D eigenvalue weighted by molar-refractivity contribution is 7.13. The van der Waals surface area contributed by atoms with Gasteiger partial charge in [0.2, 0.25) is 5.91 Å². The summed E-state index contributed by atoms with van der Waals surface area (Å²) in [5.41, 5.74) is 1.56. The number of hydrogen-bond donors (Lipinski definition) is 2. The molecule has 2 amide bonds. The minimum absolute atomic E-state index is 0.0782. The number of nitrogens with zero attached hydrogens (tertiary/aromatic N) is 1. The lowest BCUT2D eigenvalue weighted by atomic mass is 10.1. The highest BCUT2D eigenvalue weighted by Gasteiger charge is 2.12. The standard InChI is InChI=1S/C21H17N3O3S/c25-19(23-17-8-3-6-14-5-1-2-7-16(14)17)11-10-15-13-28-21(22-15)24-20(26)18-9-4-12-27-18/h1-9,12-13H,10-11H2,(H,23,25)(H,22,24,26). The fraction of sp³-hybridized carbons (Fsp3) is 0.0952. The van der Waals surface area contributed by atoms with Crippen molar-refractivity contribution >= 4 is 44.7 Å². The van der Waals surface area contributed by atoms with Crippen LogP contribution in [-0.2, 0) is 11.2 Å². The summed E-state index contributed by atoms with van der Waals surface area (Å²) in [7, 11) is 0. The Balaban J connectivity index is 1.34. The van der Waals surface area contributed by atoms with Crippen LogP contribution < -0.4 is 10.6 Å². The second kappa shape index (κ2) is 8.06. The molecule has 0 saturated carbocycles. The van der Waals surface area contributed by atoms with E-state index >= 15 is 0 Å². The van der Waals surface area contributed by atoms with Crippen molar-refractivity contribution in [2.24, 2.45) is 0 Å². The van der Waals surface area contributed by atoms with Crippen LogP contribution in [0.25, 0.3) is 10.8 Å². The molecule has 7 heteroatoms. The van der Waals surface area contributed by atoms with Crippen molar-refractivity contribution < 1.29 is 14.0 Å². The van der Waals surface area contributed by atoms with Gasteiger partial charge < -0.3 is 9.73 Å². The smallest absolute Gasteiger partial charge is 0.293 e. The topological polar surface area (TPSA) is 84.2 Å². The molecule has 0 bridgehead atoms. The van der Waals surface area contributed by atoms with E-state index in [1.165, 1.54) is 17.6 Å². The van der Waals surface area contributed by atoms with Gasteiger partial charge >= 0.3 is 0 Å². The Morgan fingerprint density at radius 1 is 1.00 bits per heavy atom. The molecule has 2 heterocycles. The summed E-state index contributed by atoms with van der Waals surface area (Å²) < 4.78 is 5.05. The first kappa shape index (κ1) is 17.9. The maximum absolute atomic E-state index is 12.4. The summed E-state index contributed by atoms with van der Waals surface area (Å²) in [4.78, 5) is 28.7. The first-order chi connectivity index (χ1) is 13.7. The van der Waals surface area contributed by atoms with E-state index in [0.29, 0.717) is 18.0 Å². The van der Waals surface area contributed by atoms with Crippen LogP contribution in [0, 0.1) is 0 Å². The number of aryl methyl sites for hydroxylation is 1. The van der Waals surface area contributed by atoms with Crippen LogP contribution in [0.3, 0.4) is 0 Å². The number of carbonyl (C=O) groups is 2. The molecule has 0 fully saturated rings. The van der Waals surface area contributed by atoms with Gasteiger partial charge in [0, 0.05) is 22.9 Å². The number of furan rings is 1. The van der Waals surface area contributed by atoms with E-state index in [2.05, 4.69) is 15.6 Å². The third-order valence-electron chi connectivity index (χ3n) is 4.19. The van der Waals surface area contributed by atoms with E-state index in [9.17, 15) is 9.59 Å². The van der Waals surface area contributed by atoms with Crippen LogP contribution in [0.4, 0.5) is 10.8 Å². The van der Waals surface area contributed by atoms with Crippen molar-refractivity contribution in [3.05, 3.63) is 77.7 Å². The van der Waals surface area contributed by atoms with E-state index in [4.69, 9.17) is 4.42 Å². The van der Waals surface area contributed by atoms with Gasteiger partial charge in [-0.05, 0) is 30.0 Å². The van der Waals surface area contributed by atoms with Gasteiger partial charge in [0.05, 0.1) is 12.0 Å². The van der Waals surface area contributed by atoms with Gasteiger partial charge in [-0.3, -0.25) is 14.9 Å². The fourth-order valence-electron chi connectivity index (χ4n) is 2.83. The second-order valence-corrected chi connectivity index (χ2v) is 7.01. The van der Waals surface area contributed by atoms with E-state index in [-0.39, 0.29) is 17.6 Å². The van der Waals surface area contributed by atoms with Crippen LogP contribution in [0.15, 0.2) is 70.7 Å². The number of anilines is 2. The molecule has 0 saturated heterocycles. The molecule has 140 valence electrons. The molecule has 6 nitrogen and oxygen atoms in total. The van der Waals surface area contributed by atoms with Crippen LogP contribution >= 0.6 is 11.3 Å². The number of rotatable bonds is 6. The number of amides is 2. The van der Waals surface area contributed by atoms with Gasteiger partial charge in [0.1, 0.15) is 0 Å². The summed E-state index contributed by atoms with van der Waals surface area (Å²) in [6, 6.07) is 17.0. The number of benzene rings is 2. The predicted octanol–water partition coefficient (Wildman–Crippen LogP) is 4.71. The molecule has 2 aromatic carbocycles. The number of aromatic nitrogens is 1. The molecule has 0 aliphatic rings. The van der Waals surface area contributed by atoms with E-state index in [0.717, 1.165) is 22.2 Å². The number of fused-ring (bicyclic) bond motifs is 1. The van der Waals surface area contributed by atoms with Gasteiger partial charge in [-0.25, -0.2) is 4.98 Å². The van der Waals surface area contributed by atoms with Gasteiger partial charge in [-0.2, -0.15) is 0 Å². The third kappa shape index (κ3) is 4.10. The highest BCUT2D eigenvalue weighted by atomic mass is 32.1. The molecule has 0 atom stereocenters. The normalized spacial score (nSPS) is 10.7. The first-order valence-corrected chi connectivity index (χ1v) is 9.64. The maximum atomic E-state index is 12.4. The van der Waals surface area contributed by atoms with Crippen molar-refractivity contribution in [2.75, 3.05) is 10.6 Å². The third-order valence-corrected chi connectivity index (χ3v) is 5.00. The Labute approximate surface area is 165 Å². The van der Waals surface area contributed by atoms with Gasteiger partial charge in [0.25, 0.3) is 5.91 Å². The van der Waals surface area contributed by atoms with Crippen LogP contribution in [-0.4, -0.2) is 16.8 Å². The van der Waals surface area contributed by atoms with E-state index in [1.807, 2.05) is 47.8 Å². The predicted molar refractivity (Wildman–Crippen MR) is 110 cm³/mol. The molecule has 0 radical (unpaired) electrons. The van der Waals surface area contributed by atoms with Crippen molar-refractivity contribution in [1.82, 2.24) is 4.98 Å². The minimum Gasteiger partial charge on any atom is -0.459 e. The van der Waals surface area contributed by atoms with Crippen LogP contribution in [0.1, 0.15) is 22.7 Å². The Kier molecular flexibility index (Phi) is 5.16. The lowest BCUT2D eigenvalue weighted by Gasteiger charge is -2.08. The van der Waals surface area contributed by atoms with Crippen molar-refractivity contribution in [3.63, 3.8) is 0 Å². The minimum atomic E-state index is -0.348. The molecule has 4 rings (SSSR count). The molecule has 28 heavy (non-hydrogen) atoms. The van der Waals surface area contributed by atoms with E-state index < -0.39 is 0 Å². The Bertz CT molecular complexity index is 1110. The average Bonchev–Trinajstić information content (AvgIpc) is 3.39.